The molecule has 0 saturated carbocycles. The molecule has 2 nitrogen and oxygen atoms in total. The van der Waals surface area contributed by atoms with E-state index in [9.17, 15) is 4.39 Å². The Labute approximate surface area is 83.9 Å². The zero-order valence-corrected chi connectivity index (χ0v) is 8.80. The number of hydrogen-bond acceptors (Lipinski definition) is 2. The molecular weight excluding hydrogens is 181 g/mol. The van der Waals surface area contributed by atoms with Gasteiger partial charge >= 0.3 is 0 Å². The highest BCUT2D eigenvalue weighted by atomic mass is 19.1. The van der Waals surface area contributed by atoms with Gasteiger partial charge in [0.1, 0.15) is 11.6 Å². The smallest absolute Gasteiger partial charge is 0.131 e. The Bertz CT molecular complexity index is 318. The average Bonchev–Trinajstić information content (AvgIpc) is 2.02. The van der Waals surface area contributed by atoms with Gasteiger partial charge in [0.05, 0.1) is 6.61 Å². The van der Waals surface area contributed by atoms with Crippen LogP contribution < -0.4 is 10.5 Å². The van der Waals surface area contributed by atoms with Crippen molar-refractivity contribution >= 4 is 0 Å². The van der Waals surface area contributed by atoms with Crippen molar-refractivity contribution in [3.63, 3.8) is 0 Å². The Hall–Kier alpha value is -1.09. The minimum atomic E-state index is -0.658. The van der Waals surface area contributed by atoms with E-state index in [4.69, 9.17) is 10.5 Å². The zero-order chi connectivity index (χ0) is 10.8. The first kappa shape index (κ1) is 11.0. The highest BCUT2D eigenvalue weighted by Gasteiger charge is 2.18. The minimum Gasteiger partial charge on any atom is -0.494 e. The summed E-state index contributed by atoms with van der Waals surface area (Å²) in [6, 6.07) is 4.77. The van der Waals surface area contributed by atoms with Crippen LogP contribution in [0.25, 0.3) is 0 Å². The summed E-state index contributed by atoms with van der Waals surface area (Å²) in [4.78, 5) is 0. The van der Waals surface area contributed by atoms with E-state index in [0.29, 0.717) is 17.9 Å². The molecule has 3 heteroatoms. The van der Waals surface area contributed by atoms with E-state index in [-0.39, 0.29) is 5.82 Å². The standard InChI is InChI=1S/C11H16FNO/c1-4-14-8-5-6-9(10(12)7-8)11(2,3)13/h5-7H,4,13H2,1-3H3. The third-order valence-corrected chi connectivity index (χ3v) is 1.95. The predicted octanol–water partition coefficient (Wildman–Crippen LogP) is 2.42. The molecule has 14 heavy (non-hydrogen) atoms. The SMILES string of the molecule is CCOc1ccc(C(C)(C)N)c(F)c1. The number of halogens is 1. The first-order valence-corrected chi connectivity index (χ1v) is 4.67. The van der Waals surface area contributed by atoms with Crippen LogP contribution in [0, 0.1) is 5.82 Å². The van der Waals surface area contributed by atoms with Gasteiger partial charge in [-0.05, 0) is 26.8 Å². The molecule has 0 amide bonds. The van der Waals surface area contributed by atoms with Crippen LogP contribution in [0.3, 0.4) is 0 Å². The van der Waals surface area contributed by atoms with E-state index >= 15 is 0 Å². The molecule has 0 heterocycles. The fraction of sp³-hybridized carbons (Fsp3) is 0.455. The zero-order valence-electron chi connectivity index (χ0n) is 8.80. The van der Waals surface area contributed by atoms with Gasteiger partial charge in [0.15, 0.2) is 0 Å². The number of nitrogens with two attached hydrogens (primary N) is 1. The summed E-state index contributed by atoms with van der Waals surface area (Å²) in [6.45, 7) is 5.93. The van der Waals surface area contributed by atoms with Crippen LogP contribution in [0.15, 0.2) is 18.2 Å². The fourth-order valence-corrected chi connectivity index (χ4v) is 1.27. The van der Waals surface area contributed by atoms with Crippen molar-refractivity contribution in [1.82, 2.24) is 0 Å². The predicted molar refractivity (Wildman–Crippen MR) is 54.8 cm³/mol. The van der Waals surface area contributed by atoms with Crippen LogP contribution in [0.1, 0.15) is 26.3 Å². The number of benzene rings is 1. The molecule has 0 aliphatic rings. The highest BCUT2D eigenvalue weighted by Crippen LogP contribution is 2.24. The van der Waals surface area contributed by atoms with Gasteiger partial charge in [-0.15, -0.1) is 0 Å². The molecule has 0 aliphatic heterocycles. The largest absolute Gasteiger partial charge is 0.494 e. The topological polar surface area (TPSA) is 35.2 Å². The molecule has 0 radical (unpaired) electrons. The summed E-state index contributed by atoms with van der Waals surface area (Å²) in [7, 11) is 0. The van der Waals surface area contributed by atoms with Crippen LogP contribution in [0.4, 0.5) is 4.39 Å². The van der Waals surface area contributed by atoms with Crippen LogP contribution in [0.5, 0.6) is 5.75 Å². The maximum atomic E-state index is 13.5. The van der Waals surface area contributed by atoms with Crippen molar-refractivity contribution in [2.45, 2.75) is 26.3 Å². The van der Waals surface area contributed by atoms with Crippen molar-refractivity contribution in [2.24, 2.45) is 5.73 Å². The summed E-state index contributed by atoms with van der Waals surface area (Å²) >= 11 is 0. The number of ether oxygens (including phenoxy) is 1. The first-order chi connectivity index (χ1) is 6.45. The van der Waals surface area contributed by atoms with Gasteiger partial charge in [-0.25, -0.2) is 4.39 Å². The minimum absolute atomic E-state index is 0.316. The first-order valence-electron chi connectivity index (χ1n) is 4.67. The van der Waals surface area contributed by atoms with Crippen molar-refractivity contribution < 1.29 is 9.13 Å². The van der Waals surface area contributed by atoms with Crippen LogP contribution in [-0.4, -0.2) is 6.61 Å². The lowest BCUT2D eigenvalue weighted by Gasteiger charge is -2.20. The molecular formula is C11H16FNO. The molecule has 2 N–H and O–H groups in total. The van der Waals surface area contributed by atoms with E-state index in [1.807, 2.05) is 6.92 Å². The van der Waals surface area contributed by atoms with Gasteiger partial charge in [-0.3, -0.25) is 0 Å². The lowest BCUT2D eigenvalue weighted by atomic mass is 9.95. The van der Waals surface area contributed by atoms with Crippen molar-refractivity contribution in [1.29, 1.82) is 0 Å². The lowest BCUT2D eigenvalue weighted by Crippen LogP contribution is -2.29. The molecule has 0 unspecified atom stereocenters. The Morgan fingerprint density at radius 2 is 2.07 bits per heavy atom. The van der Waals surface area contributed by atoms with Gasteiger partial charge in [-0.2, -0.15) is 0 Å². The normalized spacial score (nSPS) is 11.5. The Morgan fingerprint density at radius 3 is 2.50 bits per heavy atom. The monoisotopic (exact) mass is 197 g/mol. The molecule has 0 aliphatic carbocycles. The summed E-state index contributed by atoms with van der Waals surface area (Å²) in [5.41, 5.74) is 5.64. The second kappa shape index (κ2) is 3.96. The van der Waals surface area contributed by atoms with Crippen molar-refractivity contribution in [3.8, 4) is 5.75 Å². The van der Waals surface area contributed by atoms with Crippen LogP contribution >= 0.6 is 0 Å². The van der Waals surface area contributed by atoms with Crippen LogP contribution in [-0.2, 0) is 5.54 Å². The van der Waals surface area contributed by atoms with Gasteiger partial charge in [0.2, 0.25) is 0 Å². The van der Waals surface area contributed by atoms with E-state index < -0.39 is 5.54 Å². The fourth-order valence-electron chi connectivity index (χ4n) is 1.27. The molecule has 1 aromatic rings. The molecule has 1 rings (SSSR count). The molecule has 78 valence electrons. The maximum Gasteiger partial charge on any atom is 0.131 e. The van der Waals surface area contributed by atoms with E-state index in [1.165, 1.54) is 6.07 Å². The number of rotatable bonds is 3. The van der Waals surface area contributed by atoms with E-state index in [0.717, 1.165) is 0 Å². The maximum absolute atomic E-state index is 13.5. The van der Waals surface area contributed by atoms with Gasteiger partial charge in [-0.1, -0.05) is 6.07 Å². The van der Waals surface area contributed by atoms with Gasteiger partial charge in [0.25, 0.3) is 0 Å². The van der Waals surface area contributed by atoms with Crippen molar-refractivity contribution in [2.75, 3.05) is 6.61 Å². The average molecular weight is 197 g/mol. The quantitative estimate of drug-likeness (QED) is 0.807. The van der Waals surface area contributed by atoms with Crippen LogP contribution in [0.2, 0.25) is 0 Å². The second-order valence-corrected chi connectivity index (χ2v) is 3.80. The Balaban J connectivity index is 3.02. The molecule has 1 aromatic carbocycles. The third kappa shape index (κ3) is 2.45. The molecule has 0 bridgehead atoms. The summed E-state index contributed by atoms with van der Waals surface area (Å²) in [6.07, 6.45) is 0. The molecule has 0 saturated heterocycles. The van der Waals surface area contributed by atoms with E-state index in [1.54, 1.807) is 26.0 Å². The number of hydrogen-bond donors (Lipinski definition) is 1. The Kier molecular flexibility index (Phi) is 3.11. The lowest BCUT2D eigenvalue weighted by molar-refractivity contribution is 0.337. The van der Waals surface area contributed by atoms with E-state index in [2.05, 4.69) is 0 Å². The molecule has 0 aromatic heterocycles. The second-order valence-electron chi connectivity index (χ2n) is 3.80. The highest BCUT2D eigenvalue weighted by molar-refractivity contribution is 5.32. The van der Waals surface area contributed by atoms with Crippen molar-refractivity contribution in [3.05, 3.63) is 29.6 Å². The molecule has 0 atom stereocenters. The summed E-state index contributed by atoms with van der Waals surface area (Å²) in [5, 5.41) is 0. The third-order valence-electron chi connectivity index (χ3n) is 1.95. The van der Waals surface area contributed by atoms with Gasteiger partial charge in [0, 0.05) is 17.2 Å². The van der Waals surface area contributed by atoms with Gasteiger partial charge < -0.3 is 10.5 Å². The summed E-state index contributed by atoms with van der Waals surface area (Å²) in [5.74, 6) is 0.224. The summed E-state index contributed by atoms with van der Waals surface area (Å²) < 4.78 is 18.7. The molecule has 0 fully saturated rings. The Morgan fingerprint density at radius 1 is 1.43 bits per heavy atom. The molecule has 0 spiro atoms.